The molecule has 0 aliphatic carbocycles. The van der Waals surface area contributed by atoms with Crippen LogP contribution in [0, 0.1) is 0 Å². The monoisotopic (exact) mass is 269 g/mol. The van der Waals surface area contributed by atoms with Crippen molar-refractivity contribution in [3.63, 3.8) is 0 Å². The van der Waals surface area contributed by atoms with Crippen LogP contribution in [0.5, 0.6) is 5.75 Å². The van der Waals surface area contributed by atoms with Crippen LogP contribution < -0.4 is 10.1 Å². The third-order valence-electron chi connectivity index (χ3n) is 3.83. The first-order chi connectivity index (χ1) is 9.80. The molecule has 106 valence electrons. The summed E-state index contributed by atoms with van der Waals surface area (Å²) in [6.07, 6.45) is 1.09. The molecule has 2 rings (SSSR count). The molecule has 0 amide bonds. The lowest BCUT2D eigenvalue weighted by atomic mass is 9.85. The molecule has 2 aromatic rings. The highest BCUT2D eigenvalue weighted by atomic mass is 16.5. The van der Waals surface area contributed by atoms with Gasteiger partial charge in [0.2, 0.25) is 0 Å². The molecule has 0 heterocycles. The highest BCUT2D eigenvalue weighted by Crippen LogP contribution is 2.34. The van der Waals surface area contributed by atoms with Gasteiger partial charge in [-0.1, -0.05) is 49.4 Å². The maximum atomic E-state index is 5.34. The molecule has 0 aromatic heterocycles. The summed E-state index contributed by atoms with van der Waals surface area (Å²) in [5, 5.41) is 3.46. The van der Waals surface area contributed by atoms with E-state index < -0.39 is 0 Å². The largest absolute Gasteiger partial charge is 0.497 e. The zero-order chi connectivity index (χ0) is 14.4. The van der Waals surface area contributed by atoms with Gasteiger partial charge in [-0.2, -0.15) is 0 Å². The van der Waals surface area contributed by atoms with E-state index in [0.717, 1.165) is 12.2 Å². The molecule has 2 aromatic carbocycles. The van der Waals surface area contributed by atoms with E-state index in [1.165, 1.54) is 11.1 Å². The molecule has 2 heteroatoms. The molecule has 0 fully saturated rings. The topological polar surface area (TPSA) is 21.3 Å². The van der Waals surface area contributed by atoms with Crippen LogP contribution in [0.2, 0.25) is 0 Å². The Kier molecular flexibility index (Phi) is 5.19. The summed E-state index contributed by atoms with van der Waals surface area (Å²) in [5.41, 5.74) is 2.64. The third-order valence-corrected chi connectivity index (χ3v) is 3.83. The molecular weight excluding hydrogens is 246 g/mol. The van der Waals surface area contributed by atoms with Crippen LogP contribution in [0.4, 0.5) is 0 Å². The highest BCUT2D eigenvalue weighted by molar-refractivity contribution is 5.33. The molecule has 0 aliphatic heterocycles. The van der Waals surface area contributed by atoms with Gasteiger partial charge >= 0.3 is 0 Å². The lowest BCUT2D eigenvalue weighted by Gasteiger charge is -2.27. The Bertz CT molecular complexity index is 524. The van der Waals surface area contributed by atoms with Crippen LogP contribution >= 0.6 is 0 Å². The summed E-state index contributed by atoms with van der Waals surface area (Å²) >= 11 is 0. The minimum absolute atomic E-state index is 0.289. The van der Waals surface area contributed by atoms with Crippen molar-refractivity contribution in [1.82, 2.24) is 5.32 Å². The smallest absolute Gasteiger partial charge is 0.119 e. The van der Waals surface area contributed by atoms with Crippen molar-refractivity contribution in [2.75, 3.05) is 14.2 Å². The van der Waals surface area contributed by atoms with E-state index in [9.17, 15) is 0 Å². The van der Waals surface area contributed by atoms with Gasteiger partial charge in [0, 0.05) is 12.0 Å². The van der Waals surface area contributed by atoms with Crippen molar-refractivity contribution in [3.05, 3.63) is 65.7 Å². The molecule has 2 unspecified atom stereocenters. The average Bonchev–Trinajstić information content (AvgIpc) is 2.53. The minimum Gasteiger partial charge on any atom is -0.497 e. The summed E-state index contributed by atoms with van der Waals surface area (Å²) in [6, 6.07) is 19.3. The first-order valence-electron chi connectivity index (χ1n) is 7.16. The average molecular weight is 269 g/mol. The zero-order valence-corrected chi connectivity index (χ0v) is 12.5. The third kappa shape index (κ3) is 3.20. The zero-order valence-electron chi connectivity index (χ0n) is 12.5. The van der Waals surface area contributed by atoms with E-state index >= 15 is 0 Å². The van der Waals surface area contributed by atoms with Crippen LogP contribution in [0.15, 0.2) is 54.6 Å². The summed E-state index contributed by atoms with van der Waals surface area (Å²) in [6.45, 7) is 2.24. The molecule has 1 N–H and O–H groups in total. The van der Waals surface area contributed by atoms with Crippen LogP contribution in [0.1, 0.15) is 36.4 Å². The number of ether oxygens (including phenoxy) is 1. The van der Waals surface area contributed by atoms with E-state index in [2.05, 4.69) is 60.8 Å². The number of likely N-dealkylation sites (N-methyl/N-ethyl adjacent to an activating group) is 1. The molecule has 2 nitrogen and oxygen atoms in total. The second-order valence-corrected chi connectivity index (χ2v) is 4.97. The Morgan fingerprint density at radius 1 is 1.00 bits per heavy atom. The predicted molar refractivity (Wildman–Crippen MR) is 84.3 cm³/mol. The summed E-state index contributed by atoms with van der Waals surface area (Å²) in [4.78, 5) is 0. The van der Waals surface area contributed by atoms with Crippen molar-refractivity contribution < 1.29 is 4.74 Å². The number of hydrogen-bond acceptors (Lipinski definition) is 2. The van der Waals surface area contributed by atoms with E-state index in [0.29, 0.717) is 5.92 Å². The standard InChI is InChI=1S/C18H23NO/c1-4-17(14-9-6-5-7-10-14)18(19-2)15-11-8-12-16(13-15)20-3/h5-13,17-19H,4H2,1-3H3. The lowest BCUT2D eigenvalue weighted by Crippen LogP contribution is -2.23. The number of nitrogens with one attached hydrogen (secondary N) is 1. The molecule has 2 atom stereocenters. The van der Waals surface area contributed by atoms with Gasteiger partial charge < -0.3 is 10.1 Å². The number of benzene rings is 2. The van der Waals surface area contributed by atoms with Crippen LogP contribution in [0.3, 0.4) is 0 Å². The fraction of sp³-hybridized carbons (Fsp3) is 0.333. The Balaban J connectivity index is 2.34. The van der Waals surface area contributed by atoms with Crippen molar-refractivity contribution in [2.45, 2.75) is 25.3 Å². The molecule has 0 spiro atoms. The predicted octanol–water partition coefficient (Wildman–Crippen LogP) is 4.15. The quantitative estimate of drug-likeness (QED) is 0.850. The van der Waals surface area contributed by atoms with Crippen LogP contribution in [-0.4, -0.2) is 14.2 Å². The second kappa shape index (κ2) is 7.11. The van der Waals surface area contributed by atoms with Gasteiger partial charge in [0.1, 0.15) is 5.75 Å². The summed E-state index contributed by atoms with van der Waals surface area (Å²) < 4.78 is 5.34. The van der Waals surface area contributed by atoms with Crippen molar-refractivity contribution in [3.8, 4) is 5.75 Å². The van der Waals surface area contributed by atoms with Crippen LogP contribution in [0.25, 0.3) is 0 Å². The molecule has 0 bridgehead atoms. The van der Waals surface area contributed by atoms with Gasteiger partial charge in [-0.3, -0.25) is 0 Å². The van der Waals surface area contributed by atoms with Gasteiger partial charge in [0.15, 0.2) is 0 Å². The SMILES string of the molecule is CCC(c1ccccc1)C(NC)c1cccc(OC)c1. The van der Waals surface area contributed by atoms with Gasteiger partial charge in [0.05, 0.1) is 7.11 Å². The fourth-order valence-corrected chi connectivity index (χ4v) is 2.80. The van der Waals surface area contributed by atoms with E-state index in [1.54, 1.807) is 7.11 Å². The molecule has 0 radical (unpaired) electrons. The van der Waals surface area contributed by atoms with Crippen molar-refractivity contribution in [2.24, 2.45) is 0 Å². The molecule has 0 saturated heterocycles. The van der Waals surface area contributed by atoms with E-state index in [-0.39, 0.29) is 6.04 Å². The highest BCUT2D eigenvalue weighted by Gasteiger charge is 2.22. The van der Waals surface area contributed by atoms with Crippen molar-refractivity contribution >= 4 is 0 Å². The number of methoxy groups -OCH3 is 1. The Labute approximate surface area is 121 Å². The molecule has 20 heavy (non-hydrogen) atoms. The Hall–Kier alpha value is -1.80. The first-order valence-corrected chi connectivity index (χ1v) is 7.16. The van der Waals surface area contributed by atoms with Gasteiger partial charge in [-0.15, -0.1) is 0 Å². The molecule has 0 aliphatic rings. The maximum Gasteiger partial charge on any atom is 0.119 e. The second-order valence-electron chi connectivity index (χ2n) is 4.97. The fourth-order valence-electron chi connectivity index (χ4n) is 2.80. The molecular formula is C18H23NO. The minimum atomic E-state index is 0.289. The van der Waals surface area contributed by atoms with Crippen molar-refractivity contribution in [1.29, 1.82) is 0 Å². The number of rotatable bonds is 6. The van der Waals surface area contributed by atoms with Gasteiger partial charge in [-0.25, -0.2) is 0 Å². The first kappa shape index (κ1) is 14.6. The van der Waals surface area contributed by atoms with Gasteiger partial charge in [0.25, 0.3) is 0 Å². The summed E-state index contributed by atoms with van der Waals surface area (Å²) in [7, 11) is 3.73. The lowest BCUT2D eigenvalue weighted by molar-refractivity contribution is 0.411. The maximum absolute atomic E-state index is 5.34. The molecule has 0 saturated carbocycles. The van der Waals surface area contributed by atoms with Crippen LogP contribution in [-0.2, 0) is 0 Å². The summed E-state index contributed by atoms with van der Waals surface area (Å²) in [5.74, 6) is 1.36. The Morgan fingerprint density at radius 2 is 1.70 bits per heavy atom. The number of hydrogen-bond donors (Lipinski definition) is 1. The van der Waals surface area contributed by atoms with E-state index in [4.69, 9.17) is 4.74 Å². The van der Waals surface area contributed by atoms with E-state index in [1.807, 2.05) is 13.1 Å². The Morgan fingerprint density at radius 3 is 2.30 bits per heavy atom. The van der Waals surface area contributed by atoms with Gasteiger partial charge in [-0.05, 0) is 36.7 Å². The normalized spacial score (nSPS) is 13.8.